The number of hydrogen-bond donors (Lipinski definition) is 1. The Morgan fingerprint density at radius 3 is 2.75 bits per heavy atom. The molecule has 1 saturated heterocycles. The second kappa shape index (κ2) is 6.47. The second-order valence-corrected chi connectivity index (χ2v) is 5.33. The number of carboxylic acid groups (broad SMARTS) is 1. The summed E-state index contributed by atoms with van der Waals surface area (Å²) in [6.07, 6.45) is 1.67. The van der Waals surface area contributed by atoms with Gasteiger partial charge in [0.2, 0.25) is 0 Å². The molecular formula is C11H20O4S. The number of rotatable bonds is 6. The molecule has 5 heteroatoms. The van der Waals surface area contributed by atoms with Crippen molar-refractivity contribution in [3.05, 3.63) is 0 Å². The molecule has 1 aliphatic rings. The van der Waals surface area contributed by atoms with Crippen LogP contribution in [-0.4, -0.2) is 47.5 Å². The molecule has 0 spiro atoms. The molecule has 16 heavy (non-hydrogen) atoms. The average molecular weight is 248 g/mol. The van der Waals surface area contributed by atoms with Crippen LogP contribution in [0.2, 0.25) is 0 Å². The van der Waals surface area contributed by atoms with Crippen molar-refractivity contribution in [2.24, 2.45) is 0 Å². The van der Waals surface area contributed by atoms with Crippen LogP contribution < -0.4 is 0 Å². The van der Waals surface area contributed by atoms with Crippen molar-refractivity contribution in [3.63, 3.8) is 0 Å². The predicted molar refractivity (Wildman–Crippen MR) is 64.0 cm³/mol. The number of hydrogen-bond acceptors (Lipinski definition) is 4. The third-order valence-electron chi connectivity index (χ3n) is 2.51. The Bertz CT molecular complexity index is 224. The van der Waals surface area contributed by atoms with E-state index in [1.54, 1.807) is 11.8 Å². The summed E-state index contributed by atoms with van der Waals surface area (Å²) >= 11 is 1.65. The van der Waals surface area contributed by atoms with Gasteiger partial charge in [-0.15, -0.1) is 0 Å². The summed E-state index contributed by atoms with van der Waals surface area (Å²) < 4.78 is 10.9. The van der Waals surface area contributed by atoms with Gasteiger partial charge in [-0.1, -0.05) is 0 Å². The van der Waals surface area contributed by atoms with Gasteiger partial charge < -0.3 is 14.6 Å². The minimum atomic E-state index is -0.983. The number of ether oxygens (including phenoxy) is 2. The standard InChI is InChI=1S/C11H20O4S/c1-9(2)14-5-6-15-11(10(12)13)4-3-7-16-8-11/h9H,3-8H2,1-2H3,(H,12,13). The first-order valence-corrected chi connectivity index (χ1v) is 6.79. The van der Waals surface area contributed by atoms with E-state index in [0.717, 1.165) is 12.2 Å². The van der Waals surface area contributed by atoms with Gasteiger partial charge in [-0.25, -0.2) is 4.79 Å². The fourth-order valence-corrected chi connectivity index (χ4v) is 2.81. The Hall–Kier alpha value is -0.260. The molecule has 0 saturated carbocycles. The molecule has 1 rings (SSSR count). The third-order valence-corrected chi connectivity index (χ3v) is 3.75. The van der Waals surface area contributed by atoms with Crippen molar-refractivity contribution in [1.29, 1.82) is 0 Å². The summed E-state index contributed by atoms with van der Waals surface area (Å²) in [5.74, 6) is 0.731. The Morgan fingerprint density at radius 1 is 1.50 bits per heavy atom. The average Bonchev–Trinajstić information content (AvgIpc) is 2.25. The highest BCUT2D eigenvalue weighted by molar-refractivity contribution is 7.99. The van der Waals surface area contributed by atoms with E-state index in [0.29, 0.717) is 25.4 Å². The topological polar surface area (TPSA) is 55.8 Å². The van der Waals surface area contributed by atoms with Gasteiger partial charge in [0.05, 0.1) is 19.3 Å². The van der Waals surface area contributed by atoms with Gasteiger partial charge >= 0.3 is 5.97 Å². The maximum Gasteiger partial charge on any atom is 0.336 e. The molecule has 94 valence electrons. The van der Waals surface area contributed by atoms with Gasteiger partial charge in [0.15, 0.2) is 5.60 Å². The Morgan fingerprint density at radius 2 is 2.25 bits per heavy atom. The molecule has 0 radical (unpaired) electrons. The van der Waals surface area contributed by atoms with Crippen LogP contribution in [0.15, 0.2) is 0 Å². The maximum absolute atomic E-state index is 11.2. The van der Waals surface area contributed by atoms with Crippen molar-refractivity contribution in [1.82, 2.24) is 0 Å². The summed E-state index contributed by atoms with van der Waals surface area (Å²) in [6, 6.07) is 0. The maximum atomic E-state index is 11.2. The lowest BCUT2D eigenvalue weighted by molar-refractivity contribution is -0.166. The molecule has 0 aromatic heterocycles. The zero-order chi connectivity index (χ0) is 12.0. The van der Waals surface area contributed by atoms with E-state index < -0.39 is 11.6 Å². The summed E-state index contributed by atoms with van der Waals surface area (Å²) in [5.41, 5.74) is -0.983. The molecule has 1 atom stereocenters. The van der Waals surface area contributed by atoms with E-state index in [-0.39, 0.29) is 6.10 Å². The number of aliphatic carboxylic acids is 1. The van der Waals surface area contributed by atoms with Gasteiger partial charge in [-0.05, 0) is 32.4 Å². The monoisotopic (exact) mass is 248 g/mol. The van der Waals surface area contributed by atoms with Gasteiger partial charge in [0.1, 0.15) is 0 Å². The normalized spacial score (nSPS) is 25.9. The van der Waals surface area contributed by atoms with Gasteiger partial charge in [0, 0.05) is 5.75 Å². The lowest BCUT2D eigenvalue weighted by Crippen LogP contribution is -2.46. The van der Waals surface area contributed by atoms with Crippen molar-refractivity contribution in [2.45, 2.75) is 38.4 Å². The van der Waals surface area contributed by atoms with Crippen LogP contribution in [0.5, 0.6) is 0 Å². The zero-order valence-corrected chi connectivity index (χ0v) is 10.7. The predicted octanol–water partition coefficient (Wildman–Crippen LogP) is 1.78. The lowest BCUT2D eigenvalue weighted by atomic mass is 10.00. The molecule has 4 nitrogen and oxygen atoms in total. The highest BCUT2D eigenvalue weighted by Crippen LogP contribution is 2.30. The highest BCUT2D eigenvalue weighted by Gasteiger charge is 2.41. The lowest BCUT2D eigenvalue weighted by Gasteiger charge is -2.32. The van der Waals surface area contributed by atoms with Gasteiger partial charge in [0.25, 0.3) is 0 Å². The third kappa shape index (κ3) is 3.96. The van der Waals surface area contributed by atoms with Crippen LogP contribution in [0, 0.1) is 0 Å². The number of carbonyl (C=O) groups is 1. The number of thioether (sulfide) groups is 1. The Balaban J connectivity index is 2.36. The van der Waals surface area contributed by atoms with Crippen LogP contribution in [0.4, 0.5) is 0 Å². The minimum Gasteiger partial charge on any atom is -0.479 e. The van der Waals surface area contributed by atoms with Crippen molar-refractivity contribution >= 4 is 17.7 Å². The minimum absolute atomic E-state index is 0.158. The molecule has 1 unspecified atom stereocenters. The molecule has 0 amide bonds. The number of carboxylic acids is 1. The summed E-state index contributed by atoms with van der Waals surface area (Å²) in [4.78, 5) is 11.2. The molecule has 0 aromatic carbocycles. The van der Waals surface area contributed by atoms with E-state index in [2.05, 4.69) is 0 Å². The Labute approximate surface area is 101 Å². The molecule has 1 fully saturated rings. The summed E-state index contributed by atoms with van der Waals surface area (Å²) in [5, 5.41) is 9.22. The fourth-order valence-electron chi connectivity index (χ4n) is 1.63. The fraction of sp³-hybridized carbons (Fsp3) is 0.909. The largest absolute Gasteiger partial charge is 0.479 e. The first-order valence-electron chi connectivity index (χ1n) is 5.63. The smallest absolute Gasteiger partial charge is 0.336 e. The first-order chi connectivity index (χ1) is 7.57. The summed E-state index contributed by atoms with van der Waals surface area (Å²) in [7, 11) is 0. The molecule has 1 heterocycles. The van der Waals surface area contributed by atoms with Crippen LogP contribution in [0.3, 0.4) is 0 Å². The van der Waals surface area contributed by atoms with Crippen molar-refractivity contribution < 1.29 is 19.4 Å². The van der Waals surface area contributed by atoms with Crippen LogP contribution in [0.1, 0.15) is 26.7 Å². The van der Waals surface area contributed by atoms with E-state index in [1.165, 1.54) is 0 Å². The molecule has 0 bridgehead atoms. The van der Waals surface area contributed by atoms with Crippen LogP contribution >= 0.6 is 11.8 Å². The molecule has 0 aliphatic carbocycles. The van der Waals surface area contributed by atoms with Crippen LogP contribution in [0.25, 0.3) is 0 Å². The van der Waals surface area contributed by atoms with Crippen LogP contribution in [-0.2, 0) is 14.3 Å². The first kappa shape index (κ1) is 13.8. The van der Waals surface area contributed by atoms with E-state index in [4.69, 9.17) is 9.47 Å². The second-order valence-electron chi connectivity index (χ2n) is 4.22. The van der Waals surface area contributed by atoms with E-state index in [1.807, 2.05) is 13.8 Å². The molecular weight excluding hydrogens is 228 g/mol. The zero-order valence-electron chi connectivity index (χ0n) is 9.90. The molecule has 1 aliphatic heterocycles. The van der Waals surface area contributed by atoms with Crippen molar-refractivity contribution in [3.8, 4) is 0 Å². The highest BCUT2D eigenvalue weighted by atomic mass is 32.2. The molecule has 1 N–H and O–H groups in total. The SMILES string of the molecule is CC(C)OCCOC1(C(=O)O)CCCSC1. The molecule has 0 aromatic rings. The van der Waals surface area contributed by atoms with Crippen molar-refractivity contribution in [2.75, 3.05) is 24.7 Å². The van der Waals surface area contributed by atoms with Gasteiger partial charge in [-0.3, -0.25) is 0 Å². The Kier molecular flexibility index (Phi) is 5.58. The van der Waals surface area contributed by atoms with Gasteiger partial charge in [-0.2, -0.15) is 11.8 Å². The van der Waals surface area contributed by atoms with E-state index in [9.17, 15) is 9.90 Å². The quantitative estimate of drug-likeness (QED) is 0.726. The summed E-state index contributed by atoms with van der Waals surface area (Å²) in [6.45, 7) is 4.70. The van der Waals surface area contributed by atoms with E-state index >= 15 is 0 Å².